The molecule has 1 saturated heterocycles. The number of nitrogens with one attached hydrogen (secondary N) is 1. The zero-order valence-corrected chi connectivity index (χ0v) is 18.2. The van der Waals surface area contributed by atoms with Crippen molar-refractivity contribution in [1.29, 1.82) is 0 Å². The van der Waals surface area contributed by atoms with Crippen molar-refractivity contribution in [2.45, 2.75) is 32.7 Å². The van der Waals surface area contributed by atoms with Gasteiger partial charge in [0.1, 0.15) is 0 Å². The van der Waals surface area contributed by atoms with Gasteiger partial charge in [0.05, 0.1) is 29.5 Å². The molecule has 0 radical (unpaired) electrons. The highest BCUT2D eigenvalue weighted by atomic mass is 35.5. The molecule has 1 N–H and O–H groups in total. The first-order valence-corrected chi connectivity index (χ1v) is 10.2. The third-order valence-corrected chi connectivity index (χ3v) is 5.65. The molecule has 7 heteroatoms. The van der Waals surface area contributed by atoms with Crippen LogP contribution >= 0.6 is 12.4 Å². The van der Waals surface area contributed by atoms with Crippen molar-refractivity contribution >= 4 is 18.3 Å². The molecule has 1 fully saturated rings. The second-order valence-corrected chi connectivity index (χ2v) is 7.45. The number of amides is 1. The minimum atomic E-state index is 0. The summed E-state index contributed by atoms with van der Waals surface area (Å²) in [5.74, 6) is 0.0966. The molecule has 4 rings (SSSR count). The lowest BCUT2D eigenvalue weighted by Gasteiger charge is -2.36. The number of nitrogens with zero attached hydrogens (tertiary/aromatic N) is 4. The van der Waals surface area contributed by atoms with Crippen molar-refractivity contribution in [1.82, 2.24) is 25.2 Å². The number of para-hydroxylation sites is 1. The molecule has 1 amide bonds. The summed E-state index contributed by atoms with van der Waals surface area (Å²) in [7, 11) is 0. The van der Waals surface area contributed by atoms with Crippen LogP contribution in [0.2, 0.25) is 0 Å². The lowest BCUT2D eigenvalue weighted by molar-refractivity contribution is -0.133. The second-order valence-electron chi connectivity index (χ2n) is 7.45. The van der Waals surface area contributed by atoms with Crippen molar-refractivity contribution in [3.63, 3.8) is 0 Å². The van der Waals surface area contributed by atoms with Gasteiger partial charge in [-0.25, -0.2) is 4.68 Å². The molecule has 0 saturated carbocycles. The molecule has 1 aliphatic heterocycles. The minimum Gasteiger partial charge on any atom is -0.333 e. The number of carbonyl (C=O) groups excluding carboxylic acids is 1. The maximum atomic E-state index is 13.2. The van der Waals surface area contributed by atoms with Crippen molar-refractivity contribution in [2.24, 2.45) is 0 Å². The number of benzene rings is 2. The number of hydrogen-bond donors (Lipinski definition) is 1. The summed E-state index contributed by atoms with van der Waals surface area (Å²) < 4.78 is 1.79. The summed E-state index contributed by atoms with van der Waals surface area (Å²) in [4.78, 5) is 15.2. The number of carbonyl (C=O) groups is 1. The average molecular weight is 426 g/mol. The summed E-state index contributed by atoms with van der Waals surface area (Å²) in [6.45, 7) is 6.40. The van der Waals surface area contributed by atoms with Gasteiger partial charge in [-0.2, -0.15) is 0 Å². The smallest absolute Gasteiger partial charge is 0.229 e. The quantitative estimate of drug-likeness (QED) is 0.681. The van der Waals surface area contributed by atoms with Gasteiger partial charge >= 0.3 is 0 Å². The van der Waals surface area contributed by atoms with Gasteiger partial charge in [0.25, 0.3) is 0 Å². The summed E-state index contributed by atoms with van der Waals surface area (Å²) >= 11 is 0. The van der Waals surface area contributed by atoms with E-state index in [1.807, 2.05) is 42.2 Å². The Labute approximate surface area is 183 Å². The zero-order chi connectivity index (χ0) is 20.2. The maximum Gasteiger partial charge on any atom is 0.229 e. The summed E-state index contributed by atoms with van der Waals surface area (Å²) in [6.07, 6.45) is 1.28. The molecule has 6 nitrogen and oxygen atoms in total. The lowest BCUT2D eigenvalue weighted by atomic mass is 10.0. The van der Waals surface area contributed by atoms with E-state index in [2.05, 4.69) is 46.8 Å². The zero-order valence-electron chi connectivity index (χ0n) is 17.4. The molecule has 30 heavy (non-hydrogen) atoms. The number of aromatic nitrogens is 3. The highest BCUT2D eigenvalue weighted by Crippen LogP contribution is 2.24. The number of piperazine rings is 1. The molecule has 1 aromatic heterocycles. The first-order chi connectivity index (χ1) is 14.2. The van der Waals surface area contributed by atoms with E-state index in [9.17, 15) is 4.79 Å². The van der Waals surface area contributed by atoms with Crippen molar-refractivity contribution in [3.05, 3.63) is 77.1 Å². The Kier molecular flexibility index (Phi) is 7.24. The Morgan fingerprint density at radius 3 is 2.57 bits per heavy atom. The summed E-state index contributed by atoms with van der Waals surface area (Å²) in [5, 5.41) is 12.0. The van der Waals surface area contributed by atoms with E-state index in [-0.39, 0.29) is 30.8 Å². The van der Waals surface area contributed by atoms with Crippen LogP contribution in [0, 0.1) is 6.92 Å². The van der Waals surface area contributed by atoms with Crippen LogP contribution in [0.3, 0.4) is 0 Å². The monoisotopic (exact) mass is 425 g/mol. The number of rotatable bonds is 5. The fraction of sp³-hybridized carbons (Fsp3) is 0.348. The van der Waals surface area contributed by atoms with Crippen molar-refractivity contribution in [2.75, 3.05) is 19.6 Å². The van der Waals surface area contributed by atoms with E-state index in [1.165, 1.54) is 11.1 Å². The molecule has 158 valence electrons. The molecule has 0 spiro atoms. The Hall–Kier alpha value is -2.70. The second kappa shape index (κ2) is 9.87. The molecule has 2 heterocycles. The predicted molar refractivity (Wildman–Crippen MR) is 120 cm³/mol. The molecular formula is C23H28ClN5O. The summed E-state index contributed by atoms with van der Waals surface area (Å²) in [6, 6.07) is 18.5. The van der Waals surface area contributed by atoms with Crippen LogP contribution in [0.15, 0.2) is 54.6 Å². The van der Waals surface area contributed by atoms with Crippen LogP contribution < -0.4 is 5.32 Å². The standard InChI is InChI=1S/C23H27N5O.ClH/c1-3-18-9-11-19(12-10-18)22-16-24-13-14-27(22)23(29)15-21-17(2)28(26-25-21)20-7-5-4-6-8-20;/h4-12,22,24H,3,13-16H2,1-2H3;1H. The third-order valence-electron chi connectivity index (χ3n) is 5.65. The molecule has 2 aromatic carbocycles. The maximum absolute atomic E-state index is 13.2. The van der Waals surface area contributed by atoms with Gasteiger partial charge in [-0.3, -0.25) is 4.79 Å². The van der Waals surface area contributed by atoms with Crippen LogP contribution in [0.1, 0.15) is 35.5 Å². The topological polar surface area (TPSA) is 63.1 Å². The van der Waals surface area contributed by atoms with E-state index < -0.39 is 0 Å². The van der Waals surface area contributed by atoms with Crippen LogP contribution in [-0.4, -0.2) is 45.4 Å². The van der Waals surface area contributed by atoms with E-state index in [0.29, 0.717) is 6.54 Å². The Morgan fingerprint density at radius 2 is 1.87 bits per heavy atom. The third kappa shape index (κ3) is 4.55. The normalized spacial score (nSPS) is 16.2. The average Bonchev–Trinajstić information content (AvgIpc) is 3.14. The van der Waals surface area contributed by atoms with Gasteiger partial charge in [0.15, 0.2) is 0 Å². The van der Waals surface area contributed by atoms with Gasteiger partial charge in [-0.1, -0.05) is 54.6 Å². The van der Waals surface area contributed by atoms with E-state index >= 15 is 0 Å². The number of hydrogen-bond acceptors (Lipinski definition) is 4. The lowest BCUT2D eigenvalue weighted by Crippen LogP contribution is -2.49. The van der Waals surface area contributed by atoms with Crippen LogP contribution in [0.4, 0.5) is 0 Å². The van der Waals surface area contributed by atoms with E-state index in [4.69, 9.17) is 0 Å². The Bertz CT molecular complexity index is 971. The largest absolute Gasteiger partial charge is 0.333 e. The Morgan fingerprint density at radius 1 is 1.13 bits per heavy atom. The van der Waals surface area contributed by atoms with Crippen LogP contribution in [0.25, 0.3) is 5.69 Å². The first kappa shape index (κ1) is 22.0. The van der Waals surface area contributed by atoms with E-state index in [1.54, 1.807) is 4.68 Å². The summed E-state index contributed by atoms with van der Waals surface area (Å²) in [5.41, 5.74) is 5.07. The van der Waals surface area contributed by atoms with Gasteiger partial charge in [0, 0.05) is 19.6 Å². The SMILES string of the molecule is CCc1ccc(C2CNCCN2C(=O)Cc2nnn(-c3ccccc3)c2C)cc1.Cl. The molecule has 1 unspecified atom stereocenters. The van der Waals surface area contributed by atoms with Crippen LogP contribution in [-0.2, 0) is 17.6 Å². The molecule has 3 aromatic rings. The molecule has 1 atom stereocenters. The highest BCUT2D eigenvalue weighted by molar-refractivity contribution is 5.85. The predicted octanol–water partition coefficient (Wildman–Crippen LogP) is 3.28. The van der Waals surface area contributed by atoms with Crippen molar-refractivity contribution in [3.8, 4) is 5.69 Å². The van der Waals surface area contributed by atoms with Crippen molar-refractivity contribution < 1.29 is 4.79 Å². The van der Waals surface area contributed by atoms with E-state index in [0.717, 1.165) is 36.6 Å². The van der Waals surface area contributed by atoms with Gasteiger partial charge in [-0.15, -0.1) is 17.5 Å². The first-order valence-electron chi connectivity index (χ1n) is 10.2. The fourth-order valence-electron chi connectivity index (χ4n) is 3.86. The van der Waals surface area contributed by atoms with Gasteiger partial charge < -0.3 is 10.2 Å². The van der Waals surface area contributed by atoms with Gasteiger partial charge in [0.2, 0.25) is 5.91 Å². The van der Waals surface area contributed by atoms with Gasteiger partial charge in [-0.05, 0) is 36.6 Å². The number of halogens is 1. The fourth-order valence-corrected chi connectivity index (χ4v) is 3.86. The Balaban J connectivity index is 0.00000256. The molecule has 0 aliphatic carbocycles. The number of aryl methyl sites for hydroxylation is 1. The highest BCUT2D eigenvalue weighted by Gasteiger charge is 2.29. The molecule has 1 aliphatic rings. The minimum absolute atomic E-state index is 0. The van der Waals surface area contributed by atoms with Crippen LogP contribution in [0.5, 0.6) is 0 Å². The molecule has 0 bridgehead atoms. The molecular weight excluding hydrogens is 398 g/mol.